The van der Waals surface area contributed by atoms with Crippen LogP contribution in [0.5, 0.6) is 0 Å². The lowest BCUT2D eigenvalue weighted by Gasteiger charge is -2.17. The molecule has 0 spiro atoms. The number of nitrogens with one attached hydrogen (secondary N) is 1. The van der Waals surface area contributed by atoms with Crippen molar-refractivity contribution in [1.82, 2.24) is 14.3 Å². The van der Waals surface area contributed by atoms with Gasteiger partial charge in [0.2, 0.25) is 5.91 Å². The molecule has 0 unspecified atom stereocenters. The number of rotatable bonds is 4. The average Bonchev–Trinajstić information content (AvgIpc) is 3.06. The fourth-order valence-corrected chi connectivity index (χ4v) is 2.76. The number of pyridine rings is 1. The molecule has 0 radical (unpaired) electrons. The molecular formula is C19H17F3N4O2. The van der Waals surface area contributed by atoms with Crippen LogP contribution in [0.4, 0.5) is 18.9 Å². The quantitative estimate of drug-likeness (QED) is 0.743. The number of anilines is 1. The van der Waals surface area contributed by atoms with Crippen molar-refractivity contribution in [1.29, 1.82) is 0 Å². The number of hydrogen-bond donors (Lipinski definition) is 1. The van der Waals surface area contributed by atoms with Crippen molar-refractivity contribution in [3.8, 4) is 0 Å². The standard InChI is InChI=1S/C19H17F3N4O2/c1-12-6-5-9-16-23-15(10-26(12)16)18(28)25(2)11-17(27)24-14-8-4-3-7-13(14)19(20,21)22/h3-10H,11H2,1-2H3,(H,24,27). The average molecular weight is 390 g/mol. The number of fused-ring (bicyclic) bond motifs is 1. The van der Waals surface area contributed by atoms with Gasteiger partial charge in [0.1, 0.15) is 11.3 Å². The summed E-state index contributed by atoms with van der Waals surface area (Å²) in [5, 5.41) is 2.21. The second-order valence-corrected chi connectivity index (χ2v) is 6.27. The van der Waals surface area contributed by atoms with E-state index in [9.17, 15) is 22.8 Å². The van der Waals surface area contributed by atoms with Gasteiger partial charge in [-0.2, -0.15) is 13.2 Å². The number of alkyl halides is 3. The Morgan fingerprint density at radius 3 is 2.54 bits per heavy atom. The second kappa shape index (κ2) is 7.34. The van der Waals surface area contributed by atoms with Crippen LogP contribution < -0.4 is 5.32 Å². The van der Waals surface area contributed by atoms with Crippen molar-refractivity contribution < 1.29 is 22.8 Å². The highest BCUT2D eigenvalue weighted by Crippen LogP contribution is 2.34. The summed E-state index contributed by atoms with van der Waals surface area (Å²) in [5.74, 6) is -1.25. The fourth-order valence-electron chi connectivity index (χ4n) is 2.76. The summed E-state index contributed by atoms with van der Waals surface area (Å²) in [6, 6.07) is 10.1. The first kappa shape index (κ1) is 19.4. The highest BCUT2D eigenvalue weighted by molar-refractivity contribution is 5.98. The van der Waals surface area contributed by atoms with E-state index in [1.54, 1.807) is 22.7 Å². The maximum atomic E-state index is 13.0. The summed E-state index contributed by atoms with van der Waals surface area (Å²) in [4.78, 5) is 30.0. The Bertz CT molecular complexity index is 1040. The first-order chi connectivity index (χ1) is 13.2. The monoisotopic (exact) mass is 390 g/mol. The lowest BCUT2D eigenvalue weighted by atomic mass is 10.1. The Morgan fingerprint density at radius 2 is 1.86 bits per heavy atom. The van der Waals surface area contributed by atoms with Crippen LogP contribution in [0, 0.1) is 6.92 Å². The minimum absolute atomic E-state index is 0.139. The van der Waals surface area contributed by atoms with Gasteiger partial charge in [-0.3, -0.25) is 9.59 Å². The molecule has 2 aromatic heterocycles. The third-order valence-corrected chi connectivity index (χ3v) is 4.15. The van der Waals surface area contributed by atoms with Gasteiger partial charge >= 0.3 is 6.18 Å². The Kier molecular flexibility index (Phi) is 5.08. The molecule has 28 heavy (non-hydrogen) atoms. The highest BCUT2D eigenvalue weighted by Gasteiger charge is 2.33. The number of carbonyl (C=O) groups excluding carboxylic acids is 2. The molecule has 0 atom stereocenters. The van der Waals surface area contributed by atoms with Crippen LogP contribution in [0.25, 0.3) is 5.65 Å². The largest absolute Gasteiger partial charge is 0.418 e. The van der Waals surface area contributed by atoms with Crippen LogP contribution in [0.1, 0.15) is 21.7 Å². The number of para-hydroxylation sites is 1. The number of likely N-dealkylation sites (N-methyl/N-ethyl adjacent to an activating group) is 1. The first-order valence-electron chi connectivity index (χ1n) is 8.33. The van der Waals surface area contributed by atoms with Gasteiger partial charge in [0.05, 0.1) is 17.8 Å². The van der Waals surface area contributed by atoms with Crippen molar-refractivity contribution in [2.75, 3.05) is 18.9 Å². The molecular weight excluding hydrogens is 373 g/mol. The minimum Gasteiger partial charge on any atom is -0.331 e. The zero-order valence-corrected chi connectivity index (χ0v) is 15.1. The summed E-state index contributed by atoms with van der Waals surface area (Å²) in [7, 11) is 1.38. The summed E-state index contributed by atoms with van der Waals surface area (Å²) in [6.45, 7) is 1.44. The third-order valence-electron chi connectivity index (χ3n) is 4.15. The molecule has 146 valence electrons. The van der Waals surface area contributed by atoms with Gasteiger partial charge in [-0.15, -0.1) is 0 Å². The maximum Gasteiger partial charge on any atom is 0.418 e. The Hall–Kier alpha value is -3.36. The number of aromatic nitrogens is 2. The van der Waals surface area contributed by atoms with Crippen LogP contribution >= 0.6 is 0 Å². The molecule has 3 aromatic rings. The number of amides is 2. The van der Waals surface area contributed by atoms with Crippen molar-refractivity contribution >= 4 is 23.1 Å². The van der Waals surface area contributed by atoms with E-state index in [0.717, 1.165) is 22.7 Å². The molecule has 1 aromatic carbocycles. The molecule has 0 fully saturated rings. The minimum atomic E-state index is -4.60. The van der Waals surface area contributed by atoms with Gasteiger partial charge in [0, 0.05) is 18.9 Å². The molecule has 6 nitrogen and oxygen atoms in total. The lowest BCUT2D eigenvalue weighted by molar-refractivity contribution is -0.137. The number of carbonyl (C=O) groups is 2. The van der Waals surface area contributed by atoms with Crippen molar-refractivity contribution in [3.63, 3.8) is 0 Å². The fraction of sp³-hybridized carbons (Fsp3) is 0.211. The van der Waals surface area contributed by atoms with Gasteiger partial charge in [-0.1, -0.05) is 18.2 Å². The predicted octanol–water partition coefficient (Wildman–Crippen LogP) is 3.37. The van der Waals surface area contributed by atoms with Gasteiger partial charge in [0.25, 0.3) is 5.91 Å². The molecule has 0 aliphatic carbocycles. The normalized spacial score (nSPS) is 11.5. The topological polar surface area (TPSA) is 66.7 Å². The lowest BCUT2D eigenvalue weighted by Crippen LogP contribution is -2.35. The molecule has 0 aliphatic heterocycles. The van der Waals surface area contributed by atoms with Gasteiger partial charge in [-0.25, -0.2) is 4.98 Å². The predicted molar refractivity (Wildman–Crippen MR) is 97.0 cm³/mol. The molecule has 2 amide bonds. The van der Waals surface area contributed by atoms with E-state index in [-0.39, 0.29) is 11.4 Å². The van der Waals surface area contributed by atoms with Crippen molar-refractivity contribution in [3.05, 3.63) is 65.6 Å². The smallest absolute Gasteiger partial charge is 0.331 e. The van der Waals surface area contributed by atoms with E-state index in [1.165, 1.54) is 19.2 Å². The van der Waals surface area contributed by atoms with E-state index in [1.807, 2.05) is 13.0 Å². The number of halogens is 3. The van der Waals surface area contributed by atoms with Crippen LogP contribution in [0.3, 0.4) is 0 Å². The summed E-state index contributed by atoms with van der Waals surface area (Å²) in [6.07, 6.45) is -3.04. The van der Waals surface area contributed by atoms with E-state index in [4.69, 9.17) is 0 Å². The summed E-state index contributed by atoms with van der Waals surface area (Å²) >= 11 is 0. The molecule has 0 aliphatic rings. The van der Waals surface area contributed by atoms with Crippen molar-refractivity contribution in [2.24, 2.45) is 0 Å². The van der Waals surface area contributed by atoms with E-state index in [0.29, 0.717) is 5.65 Å². The second-order valence-electron chi connectivity index (χ2n) is 6.27. The molecule has 0 saturated heterocycles. The molecule has 3 rings (SSSR count). The molecule has 1 N–H and O–H groups in total. The number of benzene rings is 1. The molecule has 2 heterocycles. The Labute approximate surface area is 158 Å². The summed E-state index contributed by atoms with van der Waals surface area (Å²) in [5.41, 5.74) is 0.297. The van der Waals surface area contributed by atoms with Crippen molar-refractivity contribution in [2.45, 2.75) is 13.1 Å². The van der Waals surface area contributed by atoms with E-state index < -0.39 is 30.1 Å². The van der Waals surface area contributed by atoms with Crippen LogP contribution in [0.2, 0.25) is 0 Å². The zero-order chi connectivity index (χ0) is 20.5. The van der Waals surface area contributed by atoms with E-state index in [2.05, 4.69) is 10.3 Å². The zero-order valence-electron chi connectivity index (χ0n) is 15.1. The number of hydrogen-bond acceptors (Lipinski definition) is 3. The first-order valence-corrected chi connectivity index (χ1v) is 8.33. The van der Waals surface area contributed by atoms with Gasteiger partial charge in [0.15, 0.2) is 0 Å². The third kappa shape index (κ3) is 3.98. The number of nitrogens with zero attached hydrogens (tertiary/aromatic N) is 3. The number of aryl methyl sites for hydroxylation is 1. The Morgan fingerprint density at radius 1 is 1.14 bits per heavy atom. The SMILES string of the molecule is Cc1cccc2nc(C(=O)N(C)CC(=O)Nc3ccccc3C(F)(F)F)cn12. The van der Waals surface area contributed by atoms with Crippen LogP contribution in [-0.2, 0) is 11.0 Å². The van der Waals surface area contributed by atoms with Gasteiger partial charge in [-0.05, 0) is 31.2 Å². The Balaban J connectivity index is 1.72. The molecule has 0 saturated carbocycles. The summed E-state index contributed by atoms with van der Waals surface area (Å²) < 4.78 is 40.8. The van der Waals surface area contributed by atoms with Crippen LogP contribution in [-0.4, -0.2) is 39.7 Å². The maximum absolute atomic E-state index is 13.0. The molecule has 0 bridgehead atoms. The van der Waals surface area contributed by atoms with E-state index >= 15 is 0 Å². The highest BCUT2D eigenvalue weighted by atomic mass is 19.4. The van der Waals surface area contributed by atoms with Crippen LogP contribution in [0.15, 0.2) is 48.7 Å². The number of imidazole rings is 1. The molecule has 9 heteroatoms. The van der Waals surface area contributed by atoms with Gasteiger partial charge < -0.3 is 14.6 Å².